The summed E-state index contributed by atoms with van der Waals surface area (Å²) in [4.78, 5) is 0. The number of hydrogen-bond donors (Lipinski definition) is 1. The lowest BCUT2D eigenvalue weighted by Crippen LogP contribution is -2.35. The lowest BCUT2D eigenvalue weighted by atomic mass is 9.85. The molecule has 20 heavy (non-hydrogen) atoms. The van der Waals surface area contributed by atoms with Crippen LogP contribution in [-0.4, -0.2) is 13.1 Å². The molecule has 0 radical (unpaired) electrons. The van der Waals surface area contributed by atoms with Gasteiger partial charge in [0.05, 0.1) is 0 Å². The van der Waals surface area contributed by atoms with Gasteiger partial charge in [0.2, 0.25) is 0 Å². The van der Waals surface area contributed by atoms with Gasteiger partial charge >= 0.3 is 0 Å². The summed E-state index contributed by atoms with van der Waals surface area (Å²) in [6.07, 6.45) is 6.44. The molecule has 0 aliphatic heterocycles. The molecule has 1 nitrogen and oxygen atoms in total. The van der Waals surface area contributed by atoms with Crippen LogP contribution in [0.3, 0.4) is 0 Å². The van der Waals surface area contributed by atoms with E-state index in [1.54, 1.807) is 5.56 Å². The van der Waals surface area contributed by atoms with E-state index in [1.807, 2.05) is 0 Å². The van der Waals surface area contributed by atoms with E-state index in [-0.39, 0.29) is 0 Å². The van der Waals surface area contributed by atoms with Gasteiger partial charge in [0, 0.05) is 6.04 Å². The first-order valence-corrected chi connectivity index (χ1v) is 8.27. The first-order chi connectivity index (χ1) is 9.53. The Hall–Kier alpha value is -0.820. The molecule has 0 bridgehead atoms. The zero-order valence-electron chi connectivity index (χ0n) is 14.3. The van der Waals surface area contributed by atoms with Crippen molar-refractivity contribution in [2.75, 3.05) is 7.05 Å². The van der Waals surface area contributed by atoms with Crippen molar-refractivity contribution in [3.63, 3.8) is 0 Å². The number of benzene rings is 1. The minimum atomic E-state index is 0.603. The molecule has 1 rings (SSSR count). The summed E-state index contributed by atoms with van der Waals surface area (Å²) in [5, 5.41) is 3.58. The number of hydrogen-bond acceptors (Lipinski definition) is 1. The van der Waals surface area contributed by atoms with Gasteiger partial charge < -0.3 is 5.32 Å². The van der Waals surface area contributed by atoms with E-state index in [9.17, 15) is 0 Å². The molecule has 0 saturated heterocycles. The van der Waals surface area contributed by atoms with Crippen molar-refractivity contribution in [2.45, 2.75) is 72.8 Å². The van der Waals surface area contributed by atoms with Crippen LogP contribution >= 0.6 is 0 Å². The van der Waals surface area contributed by atoms with Gasteiger partial charge in [-0.3, -0.25) is 0 Å². The third-order valence-corrected chi connectivity index (χ3v) is 4.66. The molecule has 0 amide bonds. The molecule has 1 N–H and O–H groups in total. The van der Waals surface area contributed by atoms with Gasteiger partial charge in [-0.05, 0) is 63.3 Å². The maximum Gasteiger partial charge on any atom is 0.0133 e. The van der Waals surface area contributed by atoms with Gasteiger partial charge in [0.25, 0.3) is 0 Å². The Labute approximate surface area is 126 Å². The van der Waals surface area contributed by atoms with E-state index in [4.69, 9.17) is 0 Å². The number of likely N-dealkylation sites (N-methyl/N-ethyl adjacent to an activating group) is 1. The smallest absolute Gasteiger partial charge is 0.0133 e. The quantitative estimate of drug-likeness (QED) is 0.707. The first kappa shape index (κ1) is 17.2. The summed E-state index contributed by atoms with van der Waals surface area (Å²) in [5.74, 6) is 0.792. The van der Waals surface area contributed by atoms with E-state index in [2.05, 4.69) is 59.1 Å². The van der Waals surface area contributed by atoms with Crippen LogP contribution in [0.5, 0.6) is 0 Å². The van der Waals surface area contributed by atoms with Crippen molar-refractivity contribution in [1.82, 2.24) is 5.32 Å². The largest absolute Gasteiger partial charge is 0.316 e. The number of rotatable bonds is 8. The molecule has 0 aliphatic carbocycles. The highest BCUT2D eigenvalue weighted by Crippen LogP contribution is 2.24. The molecule has 0 spiro atoms. The average molecular weight is 275 g/mol. The molecule has 0 fully saturated rings. The molecule has 0 aliphatic rings. The van der Waals surface area contributed by atoms with E-state index in [0.717, 1.165) is 12.3 Å². The Bertz CT molecular complexity index is 385. The van der Waals surface area contributed by atoms with Crippen LogP contribution in [0, 0.1) is 26.7 Å². The molecular weight excluding hydrogens is 242 g/mol. The Kier molecular flexibility index (Phi) is 7.29. The fourth-order valence-corrected chi connectivity index (χ4v) is 3.41. The van der Waals surface area contributed by atoms with E-state index in [0.29, 0.717) is 6.04 Å². The third kappa shape index (κ3) is 4.63. The summed E-state index contributed by atoms with van der Waals surface area (Å²) in [5.41, 5.74) is 5.83. The second-order valence-electron chi connectivity index (χ2n) is 6.29. The molecule has 1 heteroatoms. The van der Waals surface area contributed by atoms with Crippen molar-refractivity contribution in [2.24, 2.45) is 5.92 Å². The number of unbranched alkanes of at least 4 members (excludes halogenated alkanes) is 1. The van der Waals surface area contributed by atoms with Gasteiger partial charge in [-0.1, -0.05) is 50.8 Å². The van der Waals surface area contributed by atoms with Crippen LogP contribution in [0.4, 0.5) is 0 Å². The molecule has 2 unspecified atom stereocenters. The van der Waals surface area contributed by atoms with Crippen molar-refractivity contribution < 1.29 is 0 Å². The highest BCUT2D eigenvalue weighted by Gasteiger charge is 2.20. The van der Waals surface area contributed by atoms with Gasteiger partial charge in [-0.25, -0.2) is 0 Å². The Morgan fingerprint density at radius 2 is 1.65 bits per heavy atom. The van der Waals surface area contributed by atoms with Crippen molar-refractivity contribution >= 4 is 0 Å². The number of nitrogens with one attached hydrogen (secondary N) is 1. The SMILES string of the molecule is CCCCC(CC)C(Cc1c(C)cc(C)cc1C)NC. The second-order valence-corrected chi connectivity index (χ2v) is 6.29. The summed E-state index contributed by atoms with van der Waals surface area (Å²) in [6.45, 7) is 11.3. The van der Waals surface area contributed by atoms with Crippen LogP contribution in [0.15, 0.2) is 12.1 Å². The van der Waals surface area contributed by atoms with Crippen molar-refractivity contribution in [1.29, 1.82) is 0 Å². The fourth-order valence-electron chi connectivity index (χ4n) is 3.41. The lowest BCUT2D eigenvalue weighted by Gasteiger charge is -2.27. The topological polar surface area (TPSA) is 12.0 Å². The van der Waals surface area contributed by atoms with Gasteiger partial charge in [0.1, 0.15) is 0 Å². The highest BCUT2D eigenvalue weighted by molar-refractivity contribution is 5.38. The molecule has 0 heterocycles. The first-order valence-electron chi connectivity index (χ1n) is 8.27. The van der Waals surface area contributed by atoms with Crippen molar-refractivity contribution in [3.05, 3.63) is 34.4 Å². The van der Waals surface area contributed by atoms with Crippen molar-refractivity contribution in [3.8, 4) is 0 Å². The van der Waals surface area contributed by atoms with E-state index >= 15 is 0 Å². The normalized spacial score (nSPS) is 14.3. The Balaban J connectivity index is 2.87. The zero-order valence-corrected chi connectivity index (χ0v) is 14.3. The number of aryl methyl sites for hydroxylation is 3. The molecule has 1 aromatic rings. The van der Waals surface area contributed by atoms with Crippen LogP contribution in [-0.2, 0) is 6.42 Å². The maximum absolute atomic E-state index is 3.58. The molecule has 0 saturated carbocycles. The van der Waals surface area contributed by atoms with Gasteiger partial charge in [0.15, 0.2) is 0 Å². The molecular formula is C19H33N. The lowest BCUT2D eigenvalue weighted by molar-refractivity contribution is 0.329. The second kappa shape index (κ2) is 8.46. The van der Waals surface area contributed by atoms with Gasteiger partial charge in [-0.2, -0.15) is 0 Å². The Morgan fingerprint density at radius 3 is 2.10 bits per heavy atom. The standard InChI is InChI=1S/C19H33N/c1-7-9-10-17(8-2)19(20-6)13-18-15(4)11-14(3)12-16(18)5/h11-12,17,19-20H,7-10,13H2,1-6H3. The van der Waals surface area contributed by atoms with Crippen LogP contribution in [0.1, 0.15) is 61.8 Å². The minimum Gasteiger partial charge on any atom is -0.316 e. The van der Waals surface area contributed by atoms with Crippen LogP contribution < -0.4 is 5.32 Å². The van der Waals surface area contributed by atoms with E-state index in [1.165, 1.54) is 42.4 Å². The predicted octanol–water partition coefficient (Wildman–Crippen LogP) is 4.96. The third-order valence-electron chi connectivity index (χ3n) is 4.66. The fraction of sp³-hybridized carbons (Fsp3) is 0.684. The predicted molar refractivity (Wildman–Crippen MR) is 90.5 cm³/mol. The van der Waals surface area contributed by atoms with Crippen LogP contribution in [0.2, 0.25) is 0 Å². The minimum absolute atomic E-state index is 0.603. The maximum atomic E-state index is 3.58. The average Bonchev–Trinajstić information content (AvgIpc) is 2.40. The summed E-state index contributed by atoms with van der Waals surface area (Å²) < 4.78 is 0. The van der Waals surface area contributed by atoms with Crippen LogP contribution in [0.25, 0.3) is 0 Å². The van der Waals surface area contributed by atoms with E-state index < -0.39 is 0 Å². The Morgan fingerprint density at radius 1 is 1.05 bits per heavy atom. The highest BCUT2D eigenvalue weighted by atomic mass is 14.9. The monoisotopic (exact) mass is 275 g/mol. The molecule has 2 atom stereocenters. The van der Waals surface area contributed by atoms with Gasteiger partial charge in [-0.15, -0.1) is 0 Å². The molecule has 1 aromatic carbocycles. The zero-order chi connectivity index (χ0) is 15.1. The summed E-state index contributed by atoms with van der Waals surface area (Å²) >= 11 is 0. The summed E-state index contributed by atoms with van der Waals surface area (Å²) in [7, 11) is 2.12. The molecule has 114 valence electrons. The molecule has 0 aromatic heterocycles. The summed E-state index contributed by atoms with van der Waals surface area (Å²) in [6, 6.07) is 5.25.